The van der Waals surface area contributed by atoms with E-state index >= 15 is 0 Å². The van der Waals surface area contributed by atoms with Crippen molar-refractivity contribution in [3.8, 4) is 0 Å². The molecule has 2 fully saturated rings. The molecule has 2 aliphatic rings. The predicted molar refractivity (Wildman–Crippen MR) is 84.7 cm³/mol. The lowest BCUT2D eigenvalue weighted by molar-refractivity contribution is 0.0737. The maximum Gasteiger partial charge on any atom is 0.251 e. The standard InChI is InChI=1S/C17H25N3O/c1-16(2)12-8-9-17(3,10-12)15(16)19-14(21)11-4-6-13(20-18)7-5-11/h4-7,12,15,20H,8-10,18H2,1-3H3,(H,19,21). The van der Waals surface area contributed by atoms with E-state index in [0.717, 1.165) is 11.6 Å². The SMILES string of the molecule is CC12CCC(C1)C(C)(C)C2NC(=O)c1ccc(NN)cc1. The quantitative estimate of drug-likeness (QED) is 0.591. The molecule has 0 aliphatic heterocycles. The molecule has 1 amide bonds. The summed E-state index contributed by atoms with van der Waals surface area (Å²) in [5.41, 5.74) is 4.51. The minimum atomic E-state index is 0.0189. The molecular formula is C17H25N3O. The Morgan fingerprint density at radius 1 is 1.24 bits per heavy atom. The number of rotatable bonds is 3. The zero-order valence-electron chi connectivity index (χ0n) is 13.1. The van der Waals surface area contributed by atoms with Gasteiger partial charge >= 0.3 is 0 Å². The highest BCUT2D eigenvalue weighted by molar-refractivity contribution is 5.94. The number of fused-ring (bicyclic) bond motifs is 2. The summed E-state index contributed by atoms with van der Waals surface area (Å²) in [6, 6.07) is 7.52. The Bertz CT molecular complexity index is 547. The highest BCUT2D eigenvalue weighted by atomic mass is 16.1. The van der Waals surface area contributed by atoms with Gasteiger partial charge < -0.3 is 10.7 Å². The second kappa shape index (κ2) is 4.73. The number of hydrazine groups is 1. The van der Waals surface area contributed by atoms with E-state index in [-0.39, 0.29) is 22.8 Å². The van der Waals surface area contributed by atoms with Gasteiger partial charge in [0, 0.05) is 17.3 Å². The first kappa shape index (κ1) is 14.4. The third-order valence-electron chi connectivity index (χ3n) is 5.86. The van der Waals surface area contributed by atoms with E-state index in [2.05, 4.69) is 31.5 Å². The molecule has 0 spiro atoms. The normalized spacial score (nSPS) is 33.0. The van der Waals surface area contributed by atoms with Gasteiger partial charge in [-0.2, -0.15) is 0 Å². The number of nitrogens with one attached hydrogen (secondary N) is 2. The monoisotopic (exact) mass is 287 g/mol. The molecule has 4 N–H and O–H groups in total. The number of nitrogen functional groups attached to an aromatic ring is 1. The molecule has 21 heavy (non-hydrogen) atoms. The Morgan fingerprint density at radius 2 is 1.90 bits per heavy atom. The minimum absolute atomic E-state index is 0.0189. The number of anilines is 1. The molecule has 2 bridgehead atoms. The maximum atomic E-state index is 12.5. The lowest BCUT2D eigenvalue weighted by atomic mass is 9.68. The van der Waals surface area contributed by atoms with Crippen LogP contribution in [0.3, 0.4) is 0 Å². The van der Waals surface area contributed by atoms with Crippen molar-refractivity contribution in [3.05, 3.63) is 29.8 Å². The van der Waals surface area contributed by atoms with Crippen molar-refractivity contribution in [2.75, 3.05) is 5.43 Å². The number of hydrogen-bond acceptors (Lipinski definition) is 3. The highest BCUT2D eigenvalue weighted by Gasteiger charge is 2.59. The van der Waals surface area contributed by atoms with Crippen molar-refractivity contribution in [2.45, 2.75) is 46.1 Å². The van der Waals surface area contributed by atoms with Gasteiger partial charge in [0.1, 0.15) is 0 Å². The predicted octanol–water partition coefficient (Wildman–Crippen LogP) is 2.92. The number of nitrogens with two attached hydrogens (primary N) is 1. The Balaban J connectivity index is 1.78. The Morgan fingerprint density at radius 3 is 2.43 bits per heavy atom. The summed E-state index contributed by atoms with van der Waals surface area (Å²) in [4.78, 5) is 12.5. The minimum Gasteiger partial charge on any atom is -0.348 e. The van der Waals surface area contributed by atoms with Crippen LogP contribution in [0.4, 0.5) is 5.69 Å². The number of benzene rings is 1. The van der Waals surface area contributed by atoms with E-state index in [9.17, 15) is 4.79 Å². The number of hydrogen-bond donors (Lipinski definition) is 3. The molecule has 0 aromatic heterocycles. The fourth-order valence-corrected chi connectivity index (χ4v) is 4.59. The number of carbonyl (C=O) groups is 1. The topological polar surface area (TPSA) is 67.2 Å². The van der Waals surface area contributed by atoms with E-state index < -0.39 is 0 Å². The van der Waals surface area contributed by atoms with Crippen molar-refractivity contribution in [2.24, 2.45) is 22.6 Å². The molecule has 114 valence electrons. The van der Waals surface area contributed by atoms with Crippen molar-refractivity contribution in [3.63, 3.8) is 0 Å². The highest BCUT2D eigenvalue weighted by Crippen LogP contribution is 2.62. The Kier molecular flexibility index (Phi) is 3.24. The largest absolute Gasteiger partial charge is 0.348 e. The summed E-state index contributed by atoms with van der Waals surface area (Å²) < 4.78 is 0. The fraction of sp³-hybridized carbons (Fsp3) is 0.588. The molecule has 3 rings (SSSR count). The van der Waals surface area contributed by atoms with Crippen molar-refractivity contribution < 1.29 is 4.79 Å². The molecule has 0 heterocycles. The van der Waals surface area contributed by atoms with Gasteiger partial charge in [-0.1, -0.05) is 20.8 Å². The van der Waals surface area contributed by atoms with Gasteiger partial charge in [-0.15, -0.1) is 0 Å². The summed E-state index contributed by atoms with van der Waals surface area (Å²) >= 11 is 0. The zero-order valence-corrected chi connectivity index (χ0v) is 13.1. The van der Waals surface area contributed by atoms with Gasteiger partial charge in [0.2, 0.25) is 0 Å². The molecule has 0 radical (unpaired) electrons. The van der Waals surface area contributed by atoms with E-state index in [1.165, 1.54) is 19.3 Å². The van der Waals surface area contributed by atoms with Crippen LogP contribution in [0.5, 0.6) is 0 Å². The smallest absolute Gasteiger partial charge is 0.251 e. The van der Waals surface area contributed by atoms with Gasteiger partial charge in [0.25, 0.3) is 5.91 Å². The summed E-state index contributed by atoms with van der Waals surface area (Å²) in [6.45, 7) is 6.93. The van der Waals surface area contributed by atoms with Crippen LogP contribution in [0, 0.1) is 16.7 Å². The zero-order chi connectivity index (χ0) is 15.3. The van der Waals surface area contributed by atoms with E-state index in [1.54, 1.807) is 0 Å². The van der Waals surface area contributed by atoms with Crippen molar-refractivity contribution in [1.29, 1.82) is 0 Å². The summed E-state index contributed by atoms with van der Waals surface area (Å²) in [7, 11) is 0. The van der Waals surface area contributed by atoms with E-state index in [0.29, 0.717) is 5.56 Å². The van der Waals surface area contributed by atoms with Crippen molar-refractivity contribution >= 4 is 11.6 Å². The second-order valence-corrected chi connectivity index (χ2v) is 7.54. The fourth-order valence-electron chi connectivity index (χ4n) is 4.59. The van der Waals surface area contributed by atoms with Gasteiger partial charge in [0.05, 0.1) is 0 Å². The molecular weight excluding hydrogens is 262 g/mol. The average Bonchev–Trinajstić information content (AvgIpc) is 2.94. The molecule has 0 saturated heterocycles. The molecule has 1 aromatic carbocycles. The lowest BCUT2D eigenvalue weighted by Crippen LogP contribution is -2.52. The first-order chi connectivity index (χ1) is 9.87. The van der Waals surface area contributed by atoms with Crippen LogP contribution in [-0.4, -0.2) is 11.9 Å². The molecule has 3 atom stereocenters. The maximum absolute atomic E-state index is 12.5. The van der Waals surface area contributed by atoms with Gasteiger partial charge in [-0.05, 0) is 60.3 Å². The van der Waals surface area contributed by atoms with Crippen LogP contribution in [0.25, 0.3) is 0 Å². The van der Waals surface area contributed by atoms with Gasteiger partial charge in [-0.25, -0.2) is 0 Å². The van der Waals surface area contributed by atoms with Crippen LogP contribution < -0.4 is 16.6 Å². The third-order valence-corrected chi connectivity index (χ3v) is 5.86. The Hall–Kier alpha value is -1.55. The molecule has 2 saturated carbocycles. The average molecular weight is 287 g/mol. The van der Waals surface area contributed by atoms with Crippen LogP contribution in [0.15, 0.2) is 24.3 Å². The van der Waals surface area contributed by atoms with Crippen LogP contribution >= 0.6 is 0 Å². The van der Waals surface area contributed by atoms with E-state index in [1.807, 2.05) is 24.3 Å². The Labute approximate surface area is 126 Å². The molecule has 1 aromatic rings. The number of carbonyl (C=O) groups excluding carboxylic acids is 1. The summed E-state index contributed by atoms with van der Waals surface area (Å²) in [5.74, 6) is 6.10. The van der Waals surface area contributed by atoms with Gasteiger partial charge in [-0.3, -0.25) is 10.6 Å². The first-order valence-corrected chi connectivity index (χ1v) is 7.74. The molecule has 4 heteroatoms. The third kappa shape index (κ3) is 2.22. The molecule has 2 aliphatic carbocycles. The number of amides is 1. The van der Waals surface area contributed by atoms with Crippen LogP contribution in [-0.2, 0) is 0 Å². The van der Waals surface area contributed by atoms with Gasteiger partial charge in [0.15, 0.2) is 0 Å². The molecule has 3 unspecified atom stereocenters. The van der Waals surface area contributed by atoms with Crippen LogP contribution in [0.2, 0.25) is 0 Å². The van der Waals surface area contributed by atoms with Crippen LogP contribution in [0.1, 0.15) is 50.4 Å². The van der Waals surface area contributed by atoms with Crippen molar-refractivity contribution in [1.82, 2.24) is 5.32 Å². The summed E-state index contributed by atoms with van der Waals surface area (Å²) in [5, 5.41) is 3.30. The first-order valence-electron chi connectivity index (χ1n) is 7.74. The second-order valence-electron chi connectivity index (χ2n) is 7.54. The summed E-state index contributed by atoms with van der Waals surface area (Å²) in [6.07, 6.45) is 3.76. The molecule has 4 nitrogen and oxygen atoms in total. The van der Waals surface area contributed by atoms with E-state index in [4.69, 9.17) is 5.84 Å². The lowest BCUT2D eigenvalue weighted by Gasteiger charge is -2.43.